The predicted molar refractivity (Wildman–Crippen MR) is 225 cm³/mol. The number of hydrogen-bond acceptors (Lipinski definition) is 9. The molecule has 0 saturated carbocycles. The van der Waals surface area contributed by atoms with E-state index in [-0.39, 0.29) is 35.3 Å². The molecule has 310 valence electrons. The number of carbonyl (C=O) groups is 4. The zero-order chi connectivity index (χ0) is 40.8. The molecule has 0 aromatic heterocycles. The summed E-state index contributed by atoms with van der Waals surface area (Å²) in [7, 11) is 0.288. The minimum absolute atomic E-state index is 0.124. The first kappa shape index (κ1) is 41.8. The largest absolute Gasteiger partial charge is 0.493 e. The molecule has 0 bridgehead atoms. The van der Waals surface area contributed by atoms with Crippen molar-refractivity contribution in [3.63, 3.8) is 0 Å². The average Bonchev–Trinajstić information content (AvgIpc) is 3.49. The van der Waals surface area contributed by atoms with Crippen molar-refractivity contribution in [2.24, 2.45) is 0 Å². The molecule has 3 aromatic rings. The van der Waals surface area contributed by atoms with Gasteiger partial charge in [0.2, 0.25) is 11.8 Å². The van der Waals surface area contributed by atoms with Crippen molar-refractivity contribution >= 4 is 34.4 Å². The number of aryl methyl sites for hydroxylation is 1. The number of methoxy groups -OCH3 is 1. The van der Waals surface area contributed by atoms with Crippen LogP contribution in [0.25, 0.3) is 0 Å². The van der Waals surface area contributed by atoms with Gasteiger partial charge in [0, 0.05) is 35.3 Å². The SMILES string of the molecule is CCOc1cc(C(CS(C)=O)N2C(=O)c3cccc(CCCCCN4CCC(N5CCC(c6cccc(C7CCC(=O)NC7=O)c6)CC5)CC4)c3C2=O)ccc1OC. The number of piperidine rings is 3. The molecule has 0 spiro atoms. The Bertz CT molecular complexity index is 2000. The number of nitrogens with one attached hydrogen (secondary N) is 1. The van der Waals surface area contributed by atoms with Crippen LogP contribution in [0.3, 0.4) is 0 Å². The van der Waals surface area contributed by atoms with E-state index >= 15 is 0 Å². The van der Waals surface area contributed by atoms with Crippen LogP contribution >= 0.6 is 0 Å². The molecule has 4 amide bonds. The van der Waals surface area contributed by atoms with Crippen molar-refractivity contribution in [1.82, 2.24) is 20.0 Å². The molecule has 12 heteroatoms. The first-order chi connectivity index (χ1) is 28.1. The van der Waals surface area contributed by atoms with Gasteiger partial charge in [0.25, 0.3) is 11.8 Å². The standard InChI is InChI=1S/C46H58N4O7S/c1-4-57-41-29-35(15-17-40(41)56-2)39(30-58(3)55)50-45(53)38-14-9-11-32(43(38)46(50)54)10-6-5-7-23-48-24-21-36(22-25-48)49-26-19-31(20-27-49)33-12-8-13-34(28-33)37-16-18-42(51)47-44(37)52/h8-9,11-15,17,28-29,31,36-37,39H,4-7,10,16,18-27,30H2,1-3H3,(H,47,51,52). The summed E-state index contributed by atoms with van der Waals surface area (Å²) in [5.74, 6) is 0.429. The lowest BCUT2D eigenvalue weighted by Gasteiger charge is -2.42. The maximum Gasteiger partial charge on any atom is 0.262 e. The third-order valence-corrected chi connectivity index (χ3v) is 13.4. The lowest BCUT2D eigenvalue weighted by Crippen LogP contribution is -2.47. The van der Waals surface area contributed by atoms with E-state index < -0.39 is 16.8 Å². The van der Waals surface area contributed by atoms with Gasteiger partial charge in [-0.3, -0.25) is 33.6 Å². The van der Waals surface area contributed by atoms with Crippen LogP contribution in [0.1, 0.15) is 126 Å². The maximum absolute atomic E-state index is 14.1. The Kier molecular flexibility index (Phi) is 13.8. The lowest BCUT2D eigenvalue weighted by atomic mass is 9.84. The molecule has 4 aliphatic rings. The van der Waals surface area contributed by atoms with Gasteiger partial charge in [0.1, 0.15) is 0 Å². The monoisotopic (exact) mass is 810 g/mol. The molecule has 11 nitrogen and oxygen atoms in total. The second kappa shape index (κ2) is 19.1. The first-order valence-corrected chi connectivity index (χ1v) is 22.9. The minimum Gasteiger partial charge on any atom is -0.493 e. The van der Waals surface area contributed by atoms with Crippen molar-refractivity contribution in [3.8, 4) is 11.5 Å². The van der Waals surface area contributed by atoms with Gasteiger partial charge in [0.15, 0.2) is 11.5 Å². The molecule has 1 N–H and O–H groups in total. The van der Waals surface area contributed by atoms with E-state index in [9.17, 15) is 23.4 Å². The number of imide groups is 2. The molecule has 4 aliphatic heterocycles. The summed E-state index contributed by atoms with van der Waals surface area (Å²) >= 11 is 0. The highest BCUT2D eigenvalue weighted by Crippen LogP contribution is 2.38. The van der Waals surface area contributed by atoms with E-state index in [2.05, 4.69) is 33.3 Å². The fourth-order valence-corrected chi connectivity index (χ4v) is 10.3. The molecule has 58 heavy (non-hydrogen) atoms. The zero-order valence-electron chi connectivity index (χ0n) is 34.2. The number of hydrogen-bond donors (Lipinski definition) is 1. The Hall–Kier alpha value is -4.39. The van der Waals surface area contributed by atoms with Gasteiger partial charge in [0.05, 0.1) is 36.8 Å². The van der Waals surface area contributed by atoms with Gasteiger partial charge in [-0.25, -0.2) is 0 Å². The summed E-state index contributed by atoms with van der Waals surface area (Å²) < 4.78 is 23.8. The van der Waals surface area contributed by atoms with Gasteiger partial charge >= 0.3 is 0 Å². The molecule has 4 heterocycles. The highest BCUT2D eigenvalue weighted by atomic mass is 32.2. The van der Waals surface area contributed by atoms with Crippen LogP contribution in [0.2, 0.25) is 0 Å². The molecule has 3 unspecified atom stereocenters. The van der Waals surface area contributed by atoms with Crippen LogP contribution in [-0.4, -0.2) is 107 Å². The second-order valence-electron chi connectivity index (χ2n) is 16.3. The van der Waals surface area contributed by atoms with E-state index in [1.165, 1.54) is 23.3 Å². The Morgan fingerprint density at radius 1 is 0.828 bits per heavy atom. The van der Waals surface area contributed by atoms with Crippen LogP contribution in [-0.2, 0) is 26.8 Å². The molecule has 3 atom stereocenters. The van der Waals surface area contributed by atoms with E-state index in [4.69, 9.17) is 9.47 Å². The number of rotatable bonds is 16. The summed E-state index contributed by atoms with van der Waals surface area (Å²) in [5, 5.41) is 2.50. The molecule has 0 radical (unpaired) electrons. The number of unbranched alkanes of at least 4 members (excludes halogenated alkanes) is 2. The summed E-state index contributed by atoms with van der Waals surface area (Å²) in [5.41, 5.74) is 4.81. The van der Waals surface area contributed by atoms with Crippen LogP contribution in [0, 0.1) is 0 Å². The van der Waals surface area contributed by atoms with Crippen LogP contribution in [0.15, 0.2) is 60.7 Å². The summed E-state index contributed by atoms with van der Waals surface area (Å²) in [4.78, 5) is 58.6. The van der Waals surface area contributed by atoms with E-state index in [1.54, 1.807) is 31.6 Å². The van der Waals surface area contributed by atoms with Gasteiger partial charge in [-0.1, -0.05) is 48.9 Å². The molecular formula is C46H58N4O7S. The topological polar surface area (TPSA) is 126 Å². The number of carbonyl (C=O) groups excluding carboxylic acids is 4. The number of amides is 4. The van der Waals surface area contributed by atoms with Crippen LogP contribution in [0.4, 0.5) is 0 Å². The summed E-state index contributed by atoms with van der Waals surface area (Å²) in [6.07, 6.45) is 11.0. The Morgan fingerprint density at radius 3 is 2.31 bits per heavy atom. The molecule has 3 saturated heterocycles. The van der Waals surface area contributed by atoms with Crippen molar-refractivity contribution in [2.45, 2.75) is 95.1 Å². The second-order valence-corrected chi connectivity index (χ2v) is 17.8. The average molecular weight is 811 g/mol. The number of likely N-dealkylation sites (tertiary alicyclic amines) is 2. The molecule has 3 fully saturated rings. The van der Waals surface area contributed by atoms with E-state index in [1.807, 2.05) is 31.2 Å². The quantitative estimate of drug-likeness (QED) is 0.130. The molecule has 3 aromatic carbocycles. The molecule has 7 rings (SSSR count). The van der Waals surface area contributed by atoms with E-state index in [0.29, 0.717) is 59.6 Å². The van der Waals surface area contributed by atoms with E-state index in [0.717, 1.165) is 82.4 Å². The van der Waals surface area contributed by atoms with Crippen LogP contribution < -0.4 is 14.8 Å². The number of ether oxygens (including phenoxy) is 2. The minimum atomic E-state index is -1.28. The maximum atomic E-state index is 14.1. The highest BCUT2D eigenvalue weighted by molar-refractivity contribution is 7.84. The zero-order valence-corrected chi connectivity index (χ0v) is 35.0. The lowest BCUT2D eigenvalue weighted by molar-refractivity contribution is -0.134. The highest BCUT2D eigenvalue weighted by Gasteiger charge is 2.42. The van der Waals surface area contributed by atoms with Gasteiger partial charge in [-0.05, 0) is 137 Å². The van der Waals surface area contributed by atoms with Gasteiger partial charge in [-0.15, -0.1) is 0 Å². The smallest absolute Gasteiger partial charge is 0.262 e. The predicted octanol–water partition coefficient (Wildman–Crippen LogP) is 6.39. The van der Waals surface area contributed by atoms with Gasteiger partial charge < -0.3 is 19.3 Å². The van der Waals surface area contributed by atoms with Gasteiger partial charge in [-0.2, -0.15) is 0 Å². The molecule has 0 aliphatic carbocycles. The fraction of sp³-hybridized carbons (Fsp3) is 0.522. The van der Waals surface area contributed by atoms with Crippen molar-refractivity contribution in [2.75, 3.05) is 58.4 Å². The van der Waals surface area contributed by atoms with Crippen molar-refractivity contribution < 1.29 is 32.9 Å². The Balaban J connectivity index is 0.862. The fourth-order valence-electron chi connectivity index (χ4n) is 9.55. The number of nitrogens with zero attached hydrogens (tertiary/aromatic N) is 3. The summed E-state index contributed by atoms with van der Waals surface area (Å²) in [6.45, 7) is 7.79. The van der Waals surface area contributed by atoms with Crippen LogP contribution in [0.5, 0.6) is 11.5 Å². The first-order valence-electron chi connectivity index (χ1n) is 21.2. The number of benzene rings is 3. The number of fused-ring (bicyclic) bond motifs is 1. The third-order valence-electron chi connectivity index (χ3n) is 12.7. The van der Waals surface area contributed by atoms with Crippen molar-refractivity contribution in [3.05, 3.63) is 94.0 Å². The Morgan fingerprint density at radius 2 is 1.59 bits per heavy atom. The van der Waals surface area contributed by atoms with Crippen molar-refractivity contribution in [1.29, 1.82) is 0 Å². The Labute approximate surface area is 345 Å². The normalized spacial score (nSPS) is 20.9. The third kappa shape index (κ3) is 9.40. The molecular weight excluding hydrogens is 753 g/mol. The summed E-state index contributed by atoms with van der Waals surface area (Å²) in [6, 6.07) is 19.3.